The third-order valence-electron chi connectivity index (χ3n) is 4.20. The van der Waals surface area contributed by atoms with Crippen molar-refractivity contribution in [2.24, 2.45) is 0 Å². The lowest BCUT2D eigenvalue weighted by molar-refractivity contribution is -0.117. The second-order valence-corrected chi connectivity index (χ2v) is 8.74. The van der Waals surface area contributed by atoms with Gasteiger partial charge < -0.3 is 5.32 Å². The minimum atomic E-state index is -3.21. The minimum Gasteiger partial charge on any atom is -0.346 e. The van der Waals surface area contributed by atoms with Crippen LogP contribution >= 0.6 is 0 Å². The Morgan fingerprint density at radius 2 is 1.46 bits per heavy atom. The summed E-state index contributed by atoms with van der Waals surface area (Å²) in [6.07, 6.45) is 4.45. The fourth-order valence-corrected chi connectivity index (χ4v) is 3.14. The Balaban J connectivity index is 1.98. The van der Waals surface area contributed by atoms with Crippen LogP contribution in [0.1, 0.15) is 49.4 Å². The van der Waals surface area contributed by atoms with Crippen molar-refractivity contribution in [2.45, 2.75) is 37.6 Å². The maximum absolute atomic E-state index is 12.1. The van der Waals surface area contributed by atoms with Gasteiger partial charge in [0, 0.05) is 12.3 Å². The molecule has 0 bridgehead atoms. The van der Waals surface area contributed by atoms with Crippen LogP contribution in [0.15, 0.2) is 59.5 Å². The third kappa shape index (κ3) is 5.56. The third-order valence-corrected chi connectivity index (χ3v) is 5.33. The van der Waals surface area contributed by atoms with Crippen molar-refractivity contribution in [1.82, 2.24) is 5.32 Å². The van der Waals surface area contributed by atoms with Gasteiger partial charge >= 0.3 is 0 Å². The lowest BCUT2D eigenvalue weighted by atomic mass is 10.0. The maximum Gasteiger partial charge on any atom is 0.244 e. The van der Waals surface area contributed by atoms with Gasteiger partial charge in [-0.1, -0.05) is 50.2 Å². The average molecular weight is 372 g/mol. The van der Waals surface area contributed by atoms with Crippen molar-refractivity contribution < 1.29 is 13.2 Å². The molecule has 2 aromatic rings. The predicted octanol–water partition coefficient (Wildman–Crippen LogP) is 4.10. The molecule has 1 amide bonds. The minimum absolute atomic E-state index is 0.197. The van der Waals surface area contributed by atoms with Crippen molar-refractivity contribution in [1.29, 1.82) is 0 Å². The second-order valence-electron chi connectivity index (χ2n) is 6.73. The Morgan fingerprint density at radius 1 is 0.923 bits per heavy atom. The van der Waals surface area contributed by atoms with Gasteiger partial charge in [-0.2, -0.15) is 0 Å². The molecule has 1 atom stereocenters. The van der Waals surface area contributed by atoms with Gasteiger partial charge in [-0.25, -0.2) is 8.42 Å². The van der Waals surface area contributed by atoms with Crippen LogP contribution in [0.25, 0.3) is 6.08 Å². The molecule has 0 aliphatic carbocycles. The summed E-state index contributed by atoms with van der Waals surface area (Å²) in [5.41, 5.74) is 3.08. The molecule has 0 saturated carbocycles. The summed E-state index contributed by atoms with van der Waals surface area (Å²) >= 11 is 0. The topological polar surface area (TPSA) is 63.2 Å². The molecular formula is C21H25NO3S. The van der Waals surface area contributed by atoms with Crippen LogP contribution in [0.4, 0.5) is 0 Å². The fourth-order valence-electron chi connectivity index (χ4n) is 2.51. The molecule has 0 aliphatic heterocycles. The highest BCUT2D eigenvalue weighted by Gasteiger charge is 2.10. The summed E-state index contributed by atoms with van der Waals surface area (Å²) in [7, 11) is -3.21. The second kappa shape index (κ2) is 8.32. The molecule has 2 aromatic carbocycles. The van der Waals surface area contributed by atoms with Gasteiger partial charge in [0.05, 0.1) is 10.9 Å². The molecule has 0 spiro atoms. The molecular weight excluding hydrogens is 346 g/mol. The molecule has 4 nitrogen and oxygen atoms in total. The molecule has 5 heteroatoms. The van der Waals surface area contributed by atoms with Gasteiger partial charge in [0.2, 0.25) is 5.91 Å². The van der Waals surface area contributed by atoms with E-state index < -0.39 is 9.84 Å². The van der Waals surface area contributed by atoms with Gasteiger partial charge in [0.15, 0.2) is 9.84 Å². The number of benzene rings is 2. The summed E-state index contributed by atoms with van der Waals surface area (Å²) in [5, 5.41) is 2.88. The van der Waals surface area contributed by atoms with E-state index in [1.54, 1.807) is 30.3 Å². The number of sulfone groups is 1. The Bertz CT molecular complexity index is 880. The molecule has 2 rings (SSSR count). The first-order valence-electron chi connectivity index (χ1n) is 8.55. The first-order valence-corrected chi connectivity index (χ1v) is 10.4. The highest BCUT2D eigenvalue weighted by molar-refractivity contribution is 7.90. The SMILES string of the molecule is CC(C)c1ccc(C=CC(=O)NC(C)c2ccc(S(C)(=O)=O)cc2)cc1. The Hall–Kier alpha value is -2.40. The van der Waals surface area contributed by atoms with Gasteiger partial charge in [-0.3, -0.25) is 4.79 Å². The summed E-state index contributed by atoms with van der Waals surface area (Å²) in [5.74, 6) is 0.281. The van der Waals surface area contributed by atoms with Crippen molar-refractivity contribution in [3.05, 3.63) is 71.3 Å². The first-order chi connectivity index (χ1) is 12.2. The van der Waals surface area contributed by atoms with E-state index in [4.69, 9.17) is 0 Å². The van der Waals surface area contributed by atoms with Gasteiger partial charge in [0.1, 0.15) is 0 Å². The van der Waals surface area contributed by atoms with Crippen molar-refractivity contribution in [3.63, 3.8) is 0 Å². The first kappa shape index (κ1) is 19.9. The van der Waals surface area contributed by atoms with Crippen LogP contribution in [0.5, 0.6) is 0 Å². The lowest BCUT2D eigenvalue weighted by Gasteiger charge is -2.13. The number of hydrogen-bond acceptors (Lipinski definition) is 3. The lowest BCUT2D eigenvalue weighted by Crippen LogP contribution is -2.24. The Morgan fingerprint density at radius 3 is 1.96 bits per heavy atom. The predicted molar refractivity (Wildman–Crippen MR) is 106 cm³/mol. The molecule has 0 saturated heterocycles. The molecule has 1 unspecified atom stereocenters. The van der Waals surface area contributed by atoms with Crippen LogP contribution in [0.2, 0.25) is 0 Å². The van der Waals surface area contributed by atoms with Gasteiger partial charge in [0.25, 0.3) is 0 Å². The maximum atomic E-state index is 12.1. The average Bonchev–Trinajstić information content (AvgIpc) is 2.59. The van der Waals surface area contributed by atoms with Crippen molar-refractivity contribution in [2.75, 3.05) is 6.26 Å². The van der Waals surface area contributed by atoms with E-state index in [1.807, 2.05) is 19.1 Å². The summed E-state index contributed by atoms with van der Waals surface area (Å²) in [6.45, 7) is 6.14. The van der Waals surface area contributed by atoms with E-state index in [9.17, 15) is 13.2 Å². The number of carbonyl (C=O) groups is 1. The van der Waals surface area contributed by atoms with Gasteiger partial charge in [-0.15, -0.1) is 0 Å². The van der Waals surface area contributed by atoms with E-state index in [-0.39, 0.29) is 16.8 Å². The zero-order valence-electron chi connectivity index (χ0n) is 15.6. The smallest absolute Gasteiger partial charge is 0.244 e. The van der Waals surface area contributed by atoms with Crippen LogP contribution in [-0.4, -0.2) is 20.6 Å². The quantitative estimate of drug-likeness (QED) is 0.778. The monoisotopic (exact) mass is 371 g/mol. The normalized spacial score (nSPS) is 13.1. The fraction of sp³-hybridized carbons (Fsp3) is 0.286. The number of nitrogens with one attached hydrogen (secondary N) is 1. The van der Waals surface area contributed by atoms with Crippen LogP contribution < -0.4 is 5.32 Å². The zero-order chi connectivity index (χ0) is 19.3. The van der Waals surface area contributed by atoms with Crippen LogP contribution in [0, 0.1) is 0 Å². The molecule has 26 heavy (non-hydrogen) atoms. The van der Waals surface area contributed by atoms with E-state index in [2.05, 4.69) is 31.3 Å². The number of hydrogen-bond donors (Lipinski definition) is 1. The largest absolute Gasteiger partial charge is 0.346 e. The van der Waals surface area contributed by atoms with E-state index in [1.165, 1.54) is 17.9 Å². The standard InChI is InChI=1S/C21H25NO3S/c1-15(2)18-8-5-17(6-9-18)7-14-21(23)22-16(3)19-10-12-20(13-11-19)26(4,24)25/h5-16H,1-4H3,(H,22,23). The Labute approximate surface area is 155 Å². The molecule has 0 aromatic heterocycles. The molecule has 1 N–H and O–H groups in total. The van der Waals surface area contributed by atoms with Gasteiger partial charge in [-0.05, 0) is 47.7 Å². The zero-order valence-corrected chi connectivity index (χ0v) is 16.4. The highest BCUT2D eigenvalue weighted by Crippen LogP contribution is 2.17. The summed E-state index contributed by atoms with van der Waals surface area (Å²) in [4.78, 5) is 12.4. The molecule has 0 fully saturated rings. The Kier molecular flexibility index (Phi) is 6.37. The molecule has 138 valence electrons. The summed E-state index contributed by atoms with van der Waals surface area (Å²) < 4.78 is 23.0. The van der Waals surface area contributed by atoms with E-state index in [0.717, 1.165) is 11.1 Å². The van der Waals surface area contributed by atoms with E-state index in [0.29, 0.717) is 5.92 Å². The summed E-state index contributed by atoms with van der Waals surface area (Å²) in [6, 6.07) is 14.4. The highest BCUT2D eigenvalue weighted by atomic mass is 32.2. The van der Waals surface area contributed by atoms with Crippen LogP contribution in [0.3, 0.4) is 0 Å². The number of carbonyl (C=O) groups excluding carboxylic acids is 1. The van der Waals surface area contributed by atoms with Crippen molar-refractivity contribution in [3.8, 4) is 0 Å². The number of rotatable bonds is 6. The molecule has 0 heterocycles. The molecule has 0 aliphatic rings. The van der Waals surface area contributed by atoms with E-state index >= 15 is 0 Å². The molecule has 0 radical (unpaired) electrons. The van der Waals surface area contributed by atoms with Crippen LogP contribution in [-0.2, 0) is 14.6 Å². The number of amides is 1. The van der Waals surface area contributed by atoms with Crippen molar-refractivity contribution >= 4 is 21.8 Å².